The van der Waals surface area contributed by atoms with Crippen LogP contribution in [-0.2, 0) is 16.1 Å². The van der Waals surface area contributed by atoms with Gasteiger partial charge in [-0.2, -0.15) is 0 Å². The molecule has 0 saturated heterocycles. The van der Waals surface area contributed by atoms with Crippen LogP contribution in [0.1, 0.15) is 27.0 Å². The molecule has 0 unspecified atom stereocenters. The quantitative estimate of drug-likeness (QED) is 0.801. The van der Waals surface area contributed by atoms with Crippen LogP contribution in [-0.4, -0.2) is 25.5 Å². The number of carbonyl (C=O) groups is 2. The van der Waals surface area contributed by atoms with Crippen molar-refractivity contribution in [3.8, 4) is 0 Å². The number of esters is 1. The molecule has 0 saturated carbocycles. The number of hydrogen-bond donors (Lipinski definition) is 2. The predicted octanol–water partition coefficient (Wildman–Crippen LogP) is 2.82. The minimum absolute atomic E-state index is 0.113. The maximum absolute atomic E-state index is 12.0. The Morgan fingerprint density at radius 1 is 1.04 bits per heavy atom. The monoisotopic (exact) mass is 326 g/mol. The minimum Gasteiger partial charge on any atom is -0.465 e. The standard InChI is InChI=1S/C19H22N2O3/c1-13-7-9-15(10-8-13)11-21-18(22)12-20-17-6-4-5-16(14(17)2)19(23)24-3/h4-10,20H,11-12H2,1-3H3,(H,21,22). The molecule has 24 heavy (non-hydrogen) atoms. The third-order valence-corrected chi connectivity index (χ3v) is 3.79. The lowest BCUT2D eigenvalue weighted by Crippen LogP contribution is -2.29. The summed E-state index contributed by atoms with van der Waals surface area (Å²) in [4.78, 5) is 23.7. The highest BCUT2D eigenvalue weighted by Crippen LogP contribution is 2.19. The first-order valence-corrected chi connectivity index (χ1v) is 7.75. The summed E-state index contributed by atoms with van der Waals surface area (Å²) in [6.07, 6.45) is 0. The Morgan fingerprint density at radius 2 is 1.75 bits per heavy atom. The number of nitrogens with one attached hydrogen (secondary N) is 2. The van der Waals surface area contributed by atoms with Gasteiger partial charge in [0, 0.05) is 12.2 Å². The molecule has 0 aromatic heterocycles. The van der Waals surface area contributed by atoms with Crippen molar-refractivity contribution in [1.82, 2.24) is 5.32 Å². The number of ether oxygens (including phenoxy) is 1. The number of methoxy groups -OCH3 is 1. The van der Waals surface area contributed by atoms with Crippen LogP contribution in [0.2, 0.25) is 0 Å². The molecular weight excluding hydrogens is 304 g/mol. The Kier molecular flexibility index (Phi) is 5.95. The van der Waals surface area contributed by atoms with E-state index in [1.165, 1.54) is 12.7 Å². The lowest BCUT2D eigenvalue weighted by Gasteiger charge is -2.12. The van der Waals surface area contributed by atoms with Crippen LogP contribution in [0.3, 0.4) is 0 Å². The summed E-state index contributed by atoms with van der Waals surface area (Å²) in [5.41, 5.74) is 4.23. The summed E-state index contributed by atoms with van der Waals surface area (Å²) < 4.78 is 4.75. The van der Waals surface area contributed by atoms with Crippen molar-refractivity contribution in [3.63, 3.8) is 0 Å². The van der Waals surface area contributed by atoms with E-state index >= 15 is 0 Å². The van der Waals surface area contributed by atoms with E-state index in [0.29, 0.717) is 12.1 Å². The molecule has 0 bridgehead atoms. The second-order valence-corrected chi connectivity index (χ2v) is 5.59. The zero-order valence-corrected chi connectivity index (χ0v) is 14.2. The molecule has 0 aliphatic heterocycles. The van der Waals surface area contributed by atoms with Crippen molar-refractivity contribution in [1.29, 1.82) is 0 Å². The zero-order chi connectivity index (χ0) is 17.5. The van der Waals surface area contributed by atoms with Crippen LogP contribution in [0.15, 0.2) is 42.5 Å². The van der Waals surface area contributed by atoms with Gasteiger partial charge in [-0.15, -0.1) is 0 Å². The number of carbonyl (C=O) groups excluding carboxylic acids is 2. The summed E-state index contributed by atoms with van der Waals surface area (Å²) in [7, 11) is 1.35. The summed E-state index contributed by atoms with van der Waals surface area (Å²) in [6.45, 7) is 4.47. The summed E-state index contributed by atoms with van der Waals surface area (Å²) in [5.74, 6) is -0.501. The van der Waals surface area contributed by atoms with Crippen molar-refractivity contribution in [2.75, 3.05) is 19.0 Å². The normalized spacial score (nSPS) is 10.1. The van der Waals surface area contributed by atoms with Gasteiger partial charge in [-0.3, -0.25) is 4.79 Å². The van der Waals surface area contributed by atoms with E-state index < -0.39 is 0 Å². The van der Waals surface area contributed by atoms with E-state index in [1.807, 2.05) is 44.2 Å². The molecule has 2 aromatic carbocycles. The first kappa shape index (κ1) is 17.5. The molecule has 2 N–H and O–H groups in total. The maximum atomic E-state index is 12.0. The SMILES string of the molecule is COC(=O)c1cccc(NCC(=O)NCc2ccc(C)cc2)c1C. The molecular formula is C19H22N2O3. The van der Waals surface area contributed by atoms with Gasteiger partial charge < -0.3 is 15.4 Å². The Morgan fingerprint density at radius 3 is 2.42 bits per heavy atom. The smallest absolute Gasteiger partial charge is 0.338 e. The van der Waals surface area contributed by atoms with Gasteiger partial charge in [-0.25, -0.2) is 4.79 Å². The highest BCUT2D eigenvalue weighted by Gasteiger charge is 2.12. The molecule has 2 aromatic rings. The Hall–Kier alpha value is -2.82. The Balaban J connectivity index is 1.90. The van der Waals surface area contributed by atoms with Gasteiger partial charge in [0.2, 0.25) is 5.91 Å². The molecule has 1 amide bonds. The first-order chi connectivity index (χ1) is 11.5. The fourth-order valence-electron chi connectivity index (χ4n) is 2.30. The predicted molar refractivity (Wildman–Crippen MR) is 94.0 cm³/mol. The maximum Gasteiger partial charge on any atom is 0.338 e. The molecule has 0 heterocycles. The highest BCUT2D eigenvalue weighted by atomic mass is 16.5. The molecule has 0 radical (unpaired) electrons. The number of rotatable bonds is 6. The van der Waals surface area contributed by atoms with Crippen LogP contribution in [0.4, 0.5) is 5.69 Å². The molecule has 0 spiro atoms. The van der Waals surface area contributed by atoms with E-state index in [9.17, 15) is 9.59 Å². The molecule has 2 rings (SSSR count). The first-order valence-electron chi connectivity index (χ1n) is 7.75. The summed E-state index contributed by atoms with van der Waals surface area (Å²) >= 11 is 0. The van der Waals surface area contributed by atoms with Gasteiger partial charge in [0.15, 0.2) is 0 Å². The topological polar surface area (TPSA) is 67.4 Å². The zero-order valence-electron chi connectivity index (χ0n) is 14.2. The van der Waals surface area contributed by atoms with E-state index in [2.05, 4.69) is 10.6 Å². The minimum atomic E-state index is -0.389. The molecule has 0 atom stereocenters. The molecule has 0 fully saturated rings. The lowest BCUT2D eigenvalue weighted by molar-refractivity contribution is -0.119. The lowest BCUT2D eigenvalue weighted by atomic mass is 10.1. The second kappa shape index (κ2) is 8.15. The van der Waals surface area contributed by atoms with Gasteiger partial charge in [0.05, 0.1) is 19.2 Å². The van der Waals surface area contributed by atoms with E-state index in [1.54, 1.807) is 12.1 Å². The van der Waals surface area contributed by atoms with E-state index in [0.717, 1.165) is 16.8 Å². The van der Waals surface area contributed by atoms with Gasteiger partial charge in [-0.1, -0.05) is 35.9 Å². The third-order valence-electron chi connectivity index (χ3n) is 3.79. The largest absolute Gasteiger partial charge is 0.465 e. The number of benzene rings is 2. The van der Waals surface area contributed by atoms with Gasteiger partial charge in [-0.05, 0) is 37.1 Å². The van der Waals surface area contributed by atoms with Crippen molar-refractivity contribution in [2.45, 2.75) is 20.4 Å². The van der Waals surface area contributed by atoms with Crippen molar-refractivity contribution < 1.29 is 14.3 Å². The van der Waals surface area contributed by atoms with Gasteiger partial charge >= 0.3 is 5.97 Å². The second-order valence-electron chi connectivity index (χ2n) is 5.59. The Labute approximate surface area is 142 Å². The van der Waals surface area contributed by atoms with Gasteiger partial charge in [0.1, 0.15) is 0 Å². The average Bonchev–Trinajstić information content (AvgIpc) is 2.59. The van der Waals surface area contributed by atoms with Gasteiger partial charge in [0.25, 0.3) is 0 Å². The number of amides is 1. The van der Waals surface area contributed by atoms with Crippen molar-refractivity contribution in [3.05, 3.63) is 64.7 Å². The summed E-state index contributed by atoms with van der Waals surface area (Å²) in [5, 5.41) is 5.92. The average molecular weight is 326 g/mol. The van der Waals surface area contributed by atoms with Crippen molar-refractivity contribution in [2.24, 2.45) is 0 Å². The van der Waals surface area contributed by atoms with Crippen molar-refractivity contribution >= 4 is 17.6 Å². The number of aryl methyl sites for hydroxylation is 1. The molecule has 5 nitrogen and oxygen atoms in total. The van der Waals surface area contributed by atoms with E-state index in [-0.39, 0.29) is 18.4 Å². The fourth-order valence-corrected chi connectivity index (χ4v) is 2.30. The molecule has 0 aliphatic carbocycles. The molecule has 5 heteroatoms. The molecule has 126 valence electrons. The highest BCUT2D eigenvalue weighted by molar-refractivity contribution is 5.93. The third kappa shape index (κ3) is 4.59. The molecule has 0 aliphatic rings. The van der Waals surface area contributed by atoms with E-state index in [4.69, 9.17) is 4.74 Å². The van der Waals surface area contributed by atoms with Crippen LogP contribution >= 0.6 is 0 Å². The Bertz CT molecular complexity index is 724. The fraction of sp³-hybridized carbons (Fsp3) is 0.263. The number of anilines is 1. The van der Waals surface area contributed by atoms with Crippen LogP contribution in [0.25, 0.3) is 0 Å². The van der Waals surface area contributed by atoms with Crippen LogP contribution in [0.5, 0.6) is 0 Å². The summed E-state index contributed by atoms with van der Waals surface area (Å²) in [6, 6.07) is 13.3. The van der Waals surface area contributed by atoms with Crippen LogP contribution in [0, 0.1) is 13.8 Å². The van der Waals surface area contributed by atoms with Crippen LogP contribution < -0.4 is 10.6 Å². The number of hydrogen-bond acceptors (Lipinski definition) is 4.